The molecular weight excluding hydrogens is 713 g/mol. The van der Waals surface area contributed by atoms with Crippen LogP contribution < -0.4 is 19.5 Å². The molecule has 268 valence electrons. The van der Waals surface area contributed by atoms with Gasteiger partial charge >= 0.3 is 5.97 Å². The van der Waals surface area contributed by atoms with Gasteiger partial charge in [-0.05, 0) is 59.2 Å². The molecule has 1 atom stereocenters. The van der Waals surface area contributed by atoms with E-state index < -0.39 is 56.8 Å². The molecule has 3 N–H and O–H groups in total. The van der Waals surface area contributed by atoms with Crippen molar-refractivity contribution >= 4 is 38.5 Å². The van der Waals surface area contributed by atoms with Gasteiger partial charge < -0.3 is 19.9 Å². The molecule has 0 radical (unpaired) electrons. The van der Waals surface area contributed by atoms with Gasteiger partial charge in [0, 0.05) is 41.4 Å². The molecule has 1 aliphatic heterocycles. The van der Waals surface area contributed by atoms with Crippen LogP contribution in [0.2, 0.25) is 0 Å². The highest BCUT2D eigenvalue weighted by molar-refractivity contribution is 7.92. The summed E-state index contributed by atoms with van der Waals surface area (Å²) in [6.45, 7) is 0.767. The molecule has 0 aliphatic carbocycles. The van der Waals surface area contributed by atoms with Gasteiger partial charge in [0.05, 0.1) is 16.1 Å². The Morgan fingerprint density at radius 1 is 0.811 bits per heavy atom. The predicted molar refractivity (Wildman–Crippen MR) is 188 cm³/mol. The third kappa shape index (κ3) is 7.19. The number of carboxylic acids is 1. The van der Waals surface area contributed by atoms with E-state index in [0.717, 1.165) is 0 Å². The van der Waals surface area contributed by atoms with Crippen molar-refractivity contribution in [3.8, 4) is 33.8 Å². The molecule has 0 unspecified atom stereocenters. The van der Waals surface area contributed by atoms with E-state index >= 15 is 8.78 Å². The Bertz CT molecular complexity index is 2490. The second-order valence-corrected chi connectivity index (χ2v) is 13.6. The maximum absolute atomic E-state index is 15.3. The minimum Gasteiger partial charge on any atom is -0.486 e. The summed E-state index contributed by atoms with van der Waals surface area (Å²) in [7, 11) is -4.36. The second-order valence-electron chi connectivity index (χ2n) is 11.9. The Morgan fingerprint density at radius 2 is 1.57 bits per heavy atom. The number of carbonyl (C=O) groups excluding carboxylic acids is 1. The first-order valence-corrected chi connectivity index (χ1v) is 17.5. The average molecular weight is 741 g/mol. The molecule has 11 nitrogen and oxygen atoms in total. The quantitative estimate of drug-likeness (QED) is 0.136. The lowest BCUT2D eigenvalue weighted by Gasteiger charge is -2.22. The molecule has 2 aromatic heterocycles. The number of hydrogen-bond acceptors (Lipinski definition) is 8. The number of nitrogens with zero attached hydrogens (tertiary/aromatic N) is 2. The molecule has 53 heavy (non-hydrogen) atoms. The van der Waals surface area contributed by atoms with E-state index in [-0.39, 0.29) is 11.3 Å². The maximum atomic E-state index is 15.3. The molecule has 4 aromatic carbocycles. The topological polar surface area (TPSA) is 157 Å². The van der Waals surface area contributed by atoms with Gasteiger partial charge in [-0.1, -0.05) is 42.5 Å². The number of hydrogen-bond donors (Lipinski definition) is 3. The van der Waals surface area contributed by atoms with Crippen molar-refractivity contribution in [2.24, 2.45) is 0 Å². The van der Waals surface area contributed by atoms with Crippen LogP contribution >= 0.6 is 0 Å². The highest BCUT2D eigenvalue weighted by Gasteiger charge is 2.28. The van der Waals surface area contributed by atoms with Crippen LogP contribution in [0.3, 0.4) is 0 Å². The van der Waals surface area contributed by atoms with Crippen molar-refractivity contribution in [1.82, 2.24) is 15.3 Å². The van der Waals surface area contributed by atoms with Crippen molar-refractivity contribution in [3.63, 3.8) is 0 Å². The summed E-state index contributed by atoms with van der Waals surface area (Å²) in [4.78, 5) is 33.2. The molecule has 1 amide bonds. The number of pyridine rings is 2. The standard InChI is InChI=1S/C38H27F3N4O7S/c39-29-19-24(45-53(49,50)25-9-6-21(7-10-25)22-12-14-42-33(41)18-22)20-30(40)34(29)37(46)44-31(38(47)48)17-23-8-11-27(35-26(23)4-2-13-43-35)28-3-1-5-32-36(28)52-16-15-51-32/h1-14,18-20,31,45H,15-17H2,(H,44,46)(H,47,48)/t31-/m0/s1. The van der Waals surface area contributed by atoms with Crippen LogP contribution in [-0.2, 0) is 21.2 Å². The van der Waals surface area contributed by atoms with Crippen LogP contribution in [0.15, 0.2) is 108 Å². The summed E-state index contributed by atoms with van der Waals surface area (Å²) in [5.74, 6) is -5.29. The van der Waals surface area contributed by atoms with E-state index in [0.29, 0.717) is 75.6 Å². The summed E-state index contributed by atoms with van der Waals surface area (Å²) < 4.78 is 83.7. The number of ether oxygens (including phenoxy) is 2. The molecule has 7 rings (SSSR count). The lowest BCUT2D eigenvalue weighted by atomic mass is 9.94. The molecule has 0 spiro atoms. The first-order valence-electron chi connectivity index (χ1n) is 16.0. The van der Waals surface area contributed by atoms with Gasteiger partial charge in [-0.3, -0.25) is 14.5 Å². The number of rotatable bonds is 10. The fourth-order valence-electron chi connectivity index (χ4n) is 6.03. The van der Waals surface area contributed by atoms with Gasteiger partial charge in [0.15, 0.2) is 11.5 Å². The van der Waals surface area contributed by atoms with Crippen LogP contribution in [0, 0.1) is 17.6 Å². The fraction of sp³-hybridized carbons (Fsp3) is 0.105. The van der Waals surface area contributed by atoms with Crippen molar-refractivity contribution in [2.75, 3.05) is 17.9 Å². The Hall–Kier alpha value is -6.48. The van der Waals surface area contributed by atoms with Crippen LogP contribution in [0.1, 0.15) is 15.9 Å². The molecule has 6 aromatic rings. The number of aliphatic carboxylic acids is 1. The lowest BCUT2D eigenvalue weighted by molar-refractivity contribution is -0.139. The van der Waals surface area contributed by atoms with Gasteiger partial charge in [-0.2, -0.15) is 4.39 Å². The molecule has 0 fully saturated rings. The molecule has 0 saturated carbocycles. The normalized spacial score (nSPS) is 13.0. The fourth-order valence-corrected chi connectivity index (χ4v) is 7.08. The molecular formula is C38H27F3N4O7S. The Labute approximate surface area is 300 Å². The zero-order valence-electron chi connectivity index (χ0n) is 27.3. The molecule has 15 heteroatoms. The van der Waals surface area contributed by atoms with E-state index in [9.17, 15) is 27.5 Å². The Balaban J connectivity index is 1.10. The number of sulfonamides is 1. The third-order valence-corrected chi connectivity index (χ3v) is 9.89. The SMILES string of the molecule is O=C(N[C@@H](Cc1ccc(-c2cccc3c2OCCO3)c2ncccc12)C(=O)O)c1c(F)cc(NS(=O)(=O)c2ccc(-c3ccnc(F)c3)cc2)cc1F. The number of halogens is 3. The largest absolute Gasteiger partial charge is 0.486 e. The summed E-state index contributed by atoms with van der Waals surface area (Å²) >= 11 is 0. The van der Waals surface area contributed by atoms with E-state index in [2.05, 4.69) is 20.0 Å². The van der Waals surface area contributed by atoms with E-state index in [1.807, 2.05) is 12.1 Å². The van der Waals surface area contributed by atoms with Crippen molar-refractivity contribution < 1.29 is 45.8 Å². The Kier molecular flexibility index (Phi) is 9.41. The highest BCUT2D eigenvalue weighted by Crippen LogP contribution is 2.42. The van der Waals surface area contributed by atoms with Crippen molar-refractivity contribution in [3.05, 3.63) is 132 Å². The van der Waals surface area contributed by atoms with E-state index in [4.69, 9.17) is 9.47 Å². The number of benzene rings is 4. The lowest BCUT2D eigenvalue weighted by Crippen LogP contribution is -2.43. The number of fused-ring (bicyclic) bond motifs is 2. The van der Waals surface area contributed by atoms with Crippen LogP contribution in [-0.4, -0.2) is 54.6 Å². The van der Waals surface area contributed by atoms with Crippen LogP contribution in [0.25, 0.3) is 33.2 Å². The second kappa shape index (κ2) is 14.3. The molecule has 3 heterocycles. The molecule has 0 saturated heterocycles. The minimum absolute atomic E-state index is 0.260. The highest BCUT2D eigenvalue weighted by atomic mass is 32.2. The smallest absolute Gasteiger partial charge is 0.326 e. The summed E-state index contributed by atoms with van der Waals surface area (Å²) in [6, 6.07) is 19.9. The first kappa shape index (κ1) is 34.9. The van der Waals surface area contributed by atoms with Gasteiger partial charge in [-0.15, -0.1) is 0 Å². The molecule has 0 bridgehead atoms. The number of aromatic nitrogens is 2. The number of amides is 1. The number of nitrogens with one attached hydrogen (secondary N) is 2. The number of para-hydroxylation sites is 1. The zero-order valence-corrected chi connectivity index (χ0v) is 28.2. The monoisotopic (exact) mass is 740 g/mol. The van der Waals surface area contributed by atoms with Crippen LogP contribution in [0.4, 0.5) is 18.9 Å². The Morgan fingerprint density at radius 3 is 2.30 bits per heavy atom. The summed E-state index contributed by atoms with van der Waals surface area (Å²) in [5.41, 5.74) is 1.74. The van der Waals surface area contributed by atoms with Gasteiger partial charge in [0.25, 0.3) is 15.9 Å². The minimum atomic E-state index is -4.36. The third-order valence-electron chi connectivity index (χ3n) is 8.49. The van der Waals surface area contributed by atoms with Gasteiger partial charge in [0.2, 0.25) is 5.95 Å². The van der Waals surface area contributed by atoms with Crippen LogP contribution in [0.5, 0.6) is 11.5 Å². The zero-order chi connectivity index (χ0) is 37.3. The maximum Gasteiger partial charge on any atom is 0.326 e. The number of carbonyl (C=O) groups is 2. The average Bonchev–Trinajstić information content (AvgIpc) is 3.14. The number of anilines is 1. The van der Waals surface area contributed by atoms with E-state index in [1.165, 1.54) is 42.6 Å². The summed E-state index contributed by atoms with van der Waals surface area (Å²) in [6.07, 6.45) is 2.57. The summed E-state index contributed by atoms with van der Waals surface area (Å²) in [5, 5.41) is 12.8. The predicted octanol–water partition coefficient (Wildman–Crippen LogP) is 6.38. The molecule has 1 aliphatic rings. The first-order chi connectivity index (χ1) is 25.5. The van der Waals surface area contributed by atoms with E-state index in [1.54, 1.807) is 36.5 Å². The van der Waals surface area contributed by atoms with Gasteiger partial charge in [0.1, 0.15) is 36.5 Å². The van der Waals surface area contributed by atoms with Gasteiger partial charge in [-0.25, -0.2) is 27.0 Å². The van der Waals surface area contributed by atoms with Crippen molar-refractivity contribution in [2.45, 2.75) is 17.4 Å². The number of carboxylic acid groups (broad SMARTS) is 1. The van der Waals surface area contributed by atoms with Crippen molar-refractivity contribution in [1.29, 1.82) is 0 Å².